The third kappa shape index (κ3) is 2.81. The highest BCUT2D eigenvalue weighted by Gasteiger charge is 2.26. The van der Waals surface area contributed by atoms with E-state index >= 15 is 0 Å². The summed E-state index contributed by atoms with van der Waals surface area (Å²) < 4.78 is 9.82. The lowest BCUT2D eigenvalue weighted by molar-refractivity contribution is -0.150. The fraction of sp³-hybridized carbons (Fsp3) is 0.889. The molecule has 0 amide bonds. The quantitative estimate of drug-likeness (QED) is 0.605. The van der Waals surface area contributed by atoms with Crippen LogP contribution in [0, 0.1) is 11.8 Å². The molecular weight excluding hydrogens is 156 g/mol. The van der Waals surface area contributed by atoms with Crippen molar-refractivity contribution < 1.29 is 14.3 Å². The maximum absolute atomic E-state index is 11.1. The summed E-state index contributed by atoms with van der Waals surface area (Å²) >= 11 is 0. The van der Waals surface area contributed by atoms with Gasteiger partial charge in [0.15, 0.2) is 0 Å². The van der Waals surface area contributed by atoms with Gasteiger partial charge in [-0.3, -0.25) is 4.79 Å². The molecule has 0 saturated heterocycles. The van der Waals surface area contributed by atoms with Gasteiger partial charge >= 0.3 is 5.97 Å². The molecule has 2 atom stereocenters. The van der Waals surface area contributed by atoms with Crippen molar-refractivity contribution in [3.63, 3.8) is 0 Å². The molecule has 72 valence electrons. The Morgan fingerprint density at radius 3 is 1.92 bits per heavy atom. The fourth-order valence-electron chi connectivity index (χ4n) is 1.37. The molecule has 0 aromatic carbocycles. The largest absolute Gasteiger partial charge is 0.469 e. The molecule has 0 aliphatic carbocycles. The Hall–Kier alpha value is -0.570. The normalized spacial score (nSPS) is 15.8. The van der Waals surface area contributed by atoms with Crippen molar-refractivity contribution in [3.8, 4) is 0 Å². The predicted molar refractivity (Wildman–Crippen MR) is 46.8 cm³/mol. The number of carbonyl (C=O) groups excluding carboxylic acids is 1. The SMILES string of the molecule is COC(=O)[C@@H](C)[C@H](OC)C(C)C. The summed E-state index contributed by atoms with van der Waals surface area (Å²) in [6, 6.07) is 0. The van der Waals surface area contributed by atoms with Crippen LogP contribution in [-0.4, -0.2) is 26.3 Å². The van der Waals surface area contributed by atoms with Crippen molar-refractivity contribution in [2.75, 3.05) is 14.2 Å². The van der Waals surface area contributed by atoms with E-state index in [1.807, 2.05) is 20.8 Å². The molecule has 0 spiro atoms. The maximum atomic E-state index is 11.1. The van der Waals surface area contributed by atoms with Crippen molar-refractivity contribution in [1.29, 1.82) is 0 Å². The van der Waals surface area contributed by atoms with Crippen LogP contribution in [0.1, 0.15) is 20.8 Å². The van der Waals surface area contributed by atoms with E-state index in [2.05, 4.69) is 4.74 Å². The molecule has 0 fully saturated rings. The number of rotatable bonds is 4. The zero-order valence-corrected chi connectivity index (χ0v) is 8.46. The second-order valence-corrected chi connectivity index (χ2v) is 3.26. The Morgan fingerprint density at radius 2 is 1.67 bits per heavy atom. The van der Waals surface area contributed by atoms with Crippen molar-refractivity contribution in [1.82, 2.24) is 0 Å². The first-order valence-electron chi connectivity index (χ1n) is 4.15. The highest BCUT2D eigenvalue weighted by atomic mass is 16.5. The molecule has 12 heavy (non-hydrogen) atoms. The Labute approximate surface area is 74.0 Å². The first-order chi connectivity index (χ1) is 5.54. The standard InChI is InChI=1S/C9H18O3/c1-6(2)8(11-4)7(3)9(10)12-5/h6-8H,1-5H3/t7-,8+/m0/s1. The number of methoxy groups -OCH3 is 2. The van der Waals surface area contributed by atoms with Crippen LogP contribution >= 0.6 is 0 Å². The molecule has 0 aromatic rings. The van der Waals surface area contributed by atoms with Gasteiger partial charge < -0.3 is 9.47 Å². The lowest BCUT2D eigenvalue weighted by atomic mass is 9.95. The molecule has 0 aliphatic heterocycles. The van der Waals surface area contributed by atoms with Crippen molar-refractivity contribution in [2.45, 2.75) is 26.9 Å². The van der Waals surface area contributed by atoms with E-state index in [0.29, 0.717) is 5.92 Å². The van der Waals surface area contributed by atoms with Gasteiger partial charge in [-0.1, -0.05) is 13.8 Å². The molecule has 0 heterocycles. The molecule has 0 radical (unpaired) electrons. The van der Waals surface area contributed by atoms with Gasteiger partial charge in [-0.25, -0.2) is 0 Å². The third-order valence-electron chi connectivity index (χ3n) is 2.00. The van der Waals surface area contributed by atoms with Gasteiger partial charge in [0.25, 0.3) is 0 Å². The van der Waals surface area contributed by atoms with Crippen LogP contribution in [0.4, 0.5) is 0 Å². The van der Waals surface area contributed by atoms with Crippen LogP contribution < -0.4 is 0 Å². The Balaban J connectivity index is 4.20. The minimum atomic E-state index is -0.212. The summed E-state index contributed by atoms with van der Waals surface area (Å²) in [6.45, 7) is 5.86. The summed E-state index contributed by atoms with van der Waals surface area (Å²) in [5.41, 5.74) is 0. The van der Waals surface area contributed by atoms with E-state index in [9.17, 15) is 4.79 Å². The van der Waals surface area contributed by atoms with Gasteiger partial charge in [0.1, 0.15) is 0 Å². The zero-order valence-electron chi connectivity index (χ0n) is 8.46. The number of hydrogen-bond donors (Lipinski definition) is 0. The highest BCUT2D eigenvalue weighted by molar-refractivity contribution is 5.72. The Kier molecular flexibility index (Phi) is 4.90. The van der Waals surface area contributed by atoms with E-state index in [-0.39, 0.29) is 18.0 Å². The van der Waals surface area contributed by atoms with Crippen molar-refractivity contribution in [2.24, 2.45) is 11.8 Å². The van der Waals surface area contributed by atoms with Gasteiger partial charge in [0.05, 0.1) is 19.1 Å². The summed E-state index contributed by atoms with van der Waals surface area (Å²) in [7, 11) is 3.01. The second-order valence-electron chi connectivity index (χ2n) is 3.26. The number of esters is 1. The van der Waals surface area contributed by atoms with Crippen LogP contribution in [0.25, 0.3) is 0 Å². The second kappa shape index (κ2) is 5.14. The smallest absolute Gasteiger partial charge is 0.311 e. The van der Waals surface area contributed by atoms with Crippen LogP contribution in [-0.2, 0) is 14.3 Å². The predicted octanol–water partition coefficient (Wildman–Crippen LogP) is 1.47. The van der Waals surface area contributed by atoms with E-state index in [0.717, 1.165) is 0 Å². The monoisotopic (exact) mass is 174 g/mol. The lowest BCUT2D eigenvalue weighted by Crippen LogP contribution is -2.32. The molecule has 3 heteroatoms. The van der Waals surface area contributed by atoms with Gasteiger partial charge in [0.2, 0.25) is 0 Å². The van der Waals surface area contributed by atoms with Crippen LogP contribution in [0.15, 0.2) is 0 Å². The molecule has 0 unspecified atom stereocenters. The van der Waals surface area contributed by atoms with Gasteiger partial charge in [-0.05, 0) is 12.8 Å². The molecule has 3 nitrogen and oxygen atoms in total. The van der Waals surface area contributed by atoms with Crippen LogP contribution in [0.5, 0.6) is 0 Å². The van der Waals surface area contributed by atoms with E-state index in [4.69, 9.17) is 4.74 Å². The Morgan fingerprint density at radius 1 is 1.17 bits per heavy atom. The average molecular weight is 174 g/mol. The third-order valence-corrected chi connectivity index (χ3v) is 2.00. The van der Waals surface area contributed by atoms with Crippen molar-refractivity contribution >= 4 is 5.97 Å². The number of ether oxygens (including phenoxy) is 2. The average Bonchev–Trinajstić information content (AvgIpc) is 2.03. The maximum Gasteiger partial charge on any atom is 0.311 e. The first-order valence-corrected chi connectivity index (χ1v) is 4.15. The van der Waals surface area contributed by atoms with Crippen molar-refractivity contribution in [3.05, 3.63) is 0 Å². The summed E-state index contributed by atoms with van der Waals surface area (Å²) in [4.78, 5) is 11.1. The summed E-state index contributed by atoms with van der Waals surface area (Å²) in [6.07, 6.45) is -0.0579. The first kappa shape index (κ1) is 11.4. The van der Waals surface area contributed by atoms with E-state index in [1.54, 1.807) is 7.11 Å². The van der Waals surface area contributed by atoms with E-state index < -0.39 is 0 Å². The minimum absolute atomic E-state index is 0.0579. The molecule has 0 saturated carbocycles. The molecule has 0 aliphatic rings. The fourth-order valence-corrected chi connectivity index (χ4v) is 1.37. The minimum Gasteiger partial charge on any atom is -0.469 e. The topological polar surface area (TPSA) is 35.5 Å². The van der Waals surface area contributed by atoms with Crippen LogP contribution in [0.2, 0.25) is 0 Å². The molecular formula is C9H18O3. The lowest BCUT2D eigenvalue weighted by Gasteiger charge is -2.23. The molecule has 0 bridgehead atoms. The van der Waals surface area contributed by atoms with Gasteiger partial charge in [-0.2, -0.15) is 0 Å². The molecule has 0 aromatic heterocycles. The summed E-state index contributed by atoms with van der Waals surface area (Å²) in [5, 5.41) is 0. The van der Waals surface area contributed by atoms with E-state index in [1.165, 1.54) is 7.11 Å². The zero-order chi connectivity index (χ0) is 9.72. The van der Waals surface area contributed by atoms with Crippen LogP contribution in [0.3, 0.4) is 0 Å². The van der Waals surface area contributed by atoms with Gasteiger partial charge in [0, 0.05) is 7.11 Å². The number of hydrogen-bond acceptors (Lipinski definition) is 3. The molecule has 0 N–H and O–H groups in total. The number of carbonyl (C=O) groups is 1. The summed E-state index contributed by atoms with van der Waals surface area (Å²) in [5.74, 6) is -0.0837. The van der Waals surface area contributed by atoms with Gasteiger partial charge in [-0.15, -0.1) is 0 Å². The molecule has 0 rings (SSSR count). The Bertz CT molecular complexity index is 143. The highest BCUT2D eigenvalue weighted by Crippen LogP contribution is 2.16.